The number of Topliss-reactive ketones (excluding diaryl/α,β-unsaturated/α-hetero) is 1. The standard InChI is InChI=1S/C16H25NO2/c1-16(2,3)15(17)11-13(18)8-5-12-6-9-14(19-4)10-7-12/h6-7,9-10,15H,5,8,11,17H2,1-4H3. The summed E-state index contributed by atoms with van der Waals surface area (Å²) in [5.74, 6) is 1.07. The molecule has 0 bridgehead atoms. The minimum absolute atomic E-state index is 0.0181. The Morgan fingerprint density at radius 1 is 1.26 bits per heavy atom. The lowest BCUT2D eigenvalue weighted by Crippen LogP contribution is -2.37. The van der Waals surface area contributed by atoms with Gasteiger partial charge in [-0.15, -0.1) is 0 Å². The van der Waals surface area contributed by atoms with Crippen molar-refractivity contribution in [2.75, 3.05) is 7.11 Å². The number of hydrogen-bond acceptors (Lipinski definition) is 3. The Balaban J connectivity index is 2.41. The van der Waals surface area contributed by atoms with Gasteiger partial charge < -0.3 is 10.5 Å². The number of aryl methyl sites for hydroxylation is 1. The Morgan fingerprint density at radius 2 is 1.84 bits per heavy atom. The minimum atomic E-state index is -0.0733. The lowest BCUT2D eigenvalue weighted by Gasteiger charge is -2.26. The molecule has 0 radical (unpaired) electrons. The molecule has 0 aliphatic heterocycles. The Bertz CT molecular complexity index is 404. The van der Waals surface area contributed by atoms with E-state index in [1.807, 2.05) is 24.3 Å². The fourth-order valence-electron chi connectivity index (χ4n) is 1.73. The van der Waals surface area contributed by atoms with Gasteiger partial charge in [0.25, 0.3) is 0 Å². The van der Waals surface area contributed by atoms with Gasteiger partial charge in [-0.05, 0) is 29.5 Å². The maximum absolute atomic E-state index is 11.9. The molecule has 0 aliphatic rings. The summed E-state index contributed by atoms with van der Waals surface area (Å²) in [6.45, 7) is 6.19. The van der Waals surface area contributed by atoms with Crippen molar-refractivity contribution in [1.82, 2.24) is 0 Å². The van der Waals surface area contributed by atoms with E-state index >= 15 is 0 Å². The van der Waals surface area contributed by atoms with Gasteiger partial charge in [0.1, 0.15) is 11.5 Å². The van der Waals surface area contributed by atoms with Crippen molar-refractivity contribution in [1.29, 1.82) is 0 Å². The average molecular weight is 263 g/mol. The maximum Gasteiger partial charge on any atom is 0.134 e. The zero-order valence-corrected chi connectivity index (χ0v) is 12.4. The summed E-state index contributed by atoms with van der Waals surface area (Å²) in [7, 11) is 1.65. The van der Waals surface area contributed by atoms with E-state index in [2.05, 4.69) is 20.8 Å². The van der Waals surface area contributed by atoms with Crippen molar-refractivity contribution in [3.63, 3.8) is 0 Å². The van der Waals surface area contributed by atoms with Crippen molar-refractivity contribution in [3.8, 4) is 5.75 Å². The number of benzene rings is 1. The van der Waals surface area contributed by atoms with Gasteiger partial charge in [-0.2, -0.15) is 0 Å². The van der Waals surface area contributed by atoms with Gasteiger partial charge in [-0.1, -0.05) is 32.9 Å². The molecule has 3 nitrogen and oxygen atoms in total. The molecule has 0 fully saturated rings. The molecule has 0 saturated carbocycles. The fourth-order valence-corrected chi connectivity index (χ4v) is 1.73. The Kier molecular flexibility index (Phi) is 5.55. The minimum Gasteiger partial charge on any atom is -0.497 e. The number of rotatable bonds is 6. The quantitative estimate of drug-likeness (QED) is 0.858. The first-order valence-corrected chi connectivity index (χ1v) is 6.73. The molecule has 0 aromatic heterocycles. The van der Waals surface area contributed by atoms with Crippen molar-refractivity contribution in [3.05, 3.63) is 29.8 Å². The molecular weight excluding hydrogens is 238 g/mol. The third-order valence-electron chi connectivity index (χ3n) is 3.41. The van der Waals surface area contributed by atoms with Gasteiger partial charge >= 0.3 is 0 Å². The van der Waals surface area contributed by atoms with Gasteiger partial charge in [0.2, 0.25) is 0 Å². The maximum atomic E-state index is 11.9. The Labute approximate surface area is 116 Å². The highest BCUT2D eigenvalue weighted by Gasteiger charge is 2.22. The predicted molar refractivity (Wildman–Crippen MR) is 78.4 cm³/mol. The second-order valence-corrected chi connectivity index (χ2v) is 6.06. The highest BCUT2D eigenvalue weighted by Crippen LogP contribution is 2.20. The topological polar surface area (TPSA) is 52.3 Å². The van der Waals surface area contributed by atoms with E-state index < -0.39 is 0 Å². The smallest absolute Gasteiger partial charge is 0.134 e. The normalized spacial score (nSPS) is 13.1. The van der Waals surface area contributed by atoms with E-state index in [0.29, 0.717) is 12.8 Å². The first kappa shape index (κ1) is 15.7. The molecule has 1 aromatic carbocycles. The summed E-state index contributed by atoms with van der Waals surface area (Å²) < 4.78 is 5.10. The zero-order chi connectivity index (χ0) is 14.5. The van der Waals surface area contributed by atoms with Crippen molar-refractivity contribution < 1.29 is 9.53 Å². The second-order valence-electron chi connectivity index (χ2n) is 6.06. The summed E-state index contributed by atoms with van der Waals surface area (Å²) in [4.78, 5) is 11.9. The lowest BCUT2D eigenvalue weighted by atomic mass is 9.84. The van der Waals surface area contributed by atoms with E-state index in [4.69, 9.17) is 10.5 Å². The lowest BCUT2D eigenvalue weighted by molar-refractivity contribution is -0.119. The van der Waals surface area contributed by atoms with Crippen LogP contribution in [-0.4, -0.2) is 18.9 Å². The highest BCUT2D eigenvalue weighted by atomic mass is 16.5. The van der Waals surface area contributed by atoms with Crippen LogP contribution in [-0.2, 0) is 11.2 Å². The number of hydrogen-bond donors (Lipinski definition) is 1. The fraction of sp³-hybridized carbons (Fsp3) is 0.562. The summed E-state index contributed by atoms with van der Waals surface area (Å²) in [6.07, 6.45) is 1.77. The average Bonchev–Trinajstić information content (AvgIpc) is 2.35. The number of methoxy groups -OCH3 is 1. The highest BCUT2D eigenvalue weighted by molar-refractivity contribution is 5.79. The van der Waals surface area contributed by atoms with Crippen LogP contribution in [0, 0.1) is 5.41 Å². The van der Waals surface area contributed by atoms with E-state index in [0.717, 1.165) is 17.7 Å². The van der Waals surface area contributed by atoms with Crippen LogP contribution in [0.3, 0.4) is 0 Å². The molecule has 1 aromatic rings. The molecule has 0 saturated heterocycles. The van der Waals surface area contributed by atoms with Gasteiger partial charge in [-0.25, -0.2) is 0 Å². The monoisotopic (exact) mass is 263 g/mol. The van der Waals surface area contributed by atoms with Crippen LogP contribution in [0.4, 0.5) is 0 Å². The van der Waals surface area contributed by atoms with Crippen LogP contribution in [0.5, 0.6) is 5.75 Å². The van der Waals surface area contributed by atoms with Gasteiger partial charge in [0.15, 0.2) is 0 Å². The van der Waals surface area contributed by atoms with E-state index in [1.54, 1.807) is 7.11 Å². The first-order chi connectivity index (χ1) is 8.82. The number of ketones is 1. The molecule has 0 heterocycles. The van der Waals surface area contributed by atoms with Crippen LogP contribution in [0.2, 0.25) is 0 Å². The summed E-state index contributed by atoms with van der Waals surface area (Å²) >= 11 is 0. The Morgan fingerprint density at radius 3 is 2.32 bits per heavy atom. The molecule has 0 amide bonds. The Hall–Kier alpha value is -1.35. The van der Waals surface area contributed by atoms with Crippen LogP contribution < -0.4 is 10.5 Å². The van der Waals surface area contributed by atoms with Crippen molar-refractivity contribution >= 4 is 5.78 Å². The van der Waals surface area contributed by atoms with Gasteiger partial charge in [0.05, 0.1) is 7.11 Å². The predicted octanol–water partition coefficient (Wildman–Crippen LogP) is 2.96. The van der Waals surface area contributed by atoms with Crippen LogP contribution in [0.25, 0.3) is 0 Å². The summed E-state index contributed by atoms with van der Waals surface area (Å²) in [5.41, 5.74) is 7.15. The molecule has 0 aliphatic carbocycles. The largest absolute Gasteiger partial charge is 0.497 e. The molecule has 1 unspecified atom stereocenters. The van der Waals surface area contributed by atoms with Crippen LogP contribution >= 0.6 is 0 Å². The molecule has 106 valence electrons. The number of carbonyl (C=O) groups excluding carboxylic acids is 1. The molecular formula is C16H25NO2. The van der Waals surface area contributed by atoms with Gasteiger partial charge in [-0.3, -0.25) is 4.79 Å². The number of ether oxygens (including phenoxy) is 1. The van der Waals surface area contributed by atoms with Gasteiger partial charge in [0, 0.05) is 18.9 Å². The molecule has 3 heteroatoms. The molecule has 1 rings (SSSR count). The SMILES string of the molecule is COc1ccc(CCC(=O)CC(N)C(C)(C)C)cc1. The summed E-state index contributed by atoms with van der Waals surface area (Å²) in [5, 5.41) is 0. The number of carbonyl (C=O) groups is 1. The third-order valence-corrected chi connectivity index (χ3v) is 3.41. The molecule has 2 N–H and O–H groups in total. The van der Waals surface area contributed by atoms with E-state index in [9.17, 15) is 4.79 Å². The second kappa shape index (κ2) is 6.71. The zero-order valence-electron chi connectivity index (χ0n) is 12.4. The third kappa shape index (κ3) is 5.43. The first-order valence-electron chi connectivity index (χ1n) is 6.73. The molecule has 19 heavy (non-hydrogen) atoms. The van der Waals surface area contributed by atoms with E-state index in [-0.39, 0.29) is 17.2 Å². The van der Waals surface area contributed by atoms with E-state index in [1.165, 1.54) is 0 Å². The van der Waals surface area contributed by atoms with Crippen LogP contribution in [0.15, 0.2) is 24.3 Å². The number of nitrogens with two attached hydrogens (primary N) is 1. The van der Waals surface area contributed by atoms with Crippen molar-refractivity contribution in [2.45, 2.75) is 46.1 Å². The molecule has 0 spiro atoms. The van der Waals surface area contributed by atoms with Crippen molar-refractivity contribution in [2.24, 2.45) is 11.1 Å². The van der Waals surface area contributed by atoms with Crippen LogP contribution in [0.1, 0.15) is 39.2 Å². The molecule has 1 atom stereocenters. The summed E-state index contributed by atoms with van der Waals surface area (Å²) in [6, 6.07) is 7.75.